The summed E-state index contributed by atoms with van der Waals surface area (Å²) in [5.74, 6) is 0.347. The number of benzene rings is 1. The molecule has 104 valence electrons. The molecule has 6 nitrogen and oxygen atoms in total. The van der Waals surface area contributed by atoms with Crippen molar-refractivity contribution in [2.75, 3.05) is 18.1 Å². The zero-order valence-electron chi connectivity index (χ0n) is 11.1. The molecular weight excluding hydrogens is 258 g/mol. The van der Waals surface area contributed by atoms with Gasteiger partial charge in [-0.1, -0.05) is 18.2 Å². The second kappa shape index (κ2) is 4.88. The number of ether oxygens (including phenoxy) is 1. The monoisotopic (exact) mass is 273 g/mol. The molecule has 3 rings (SSSR count). The number of para-hydroxylation sites is 1. The van der Waals surface area contributed by atoms with Gasteiger partial charge in [-0.2, -0.15) is 4.98 Å². The smallest absolute Gasteiger partial charge is 0.302 e. The third-order valence-corrected chi connectivity index (χ3v) is 3.23. The van der Waals surface area contributed by atoms with Crippen LogP contribution < -0.4 is 4.90 Å². The van der Waals surface area contributed by atoms with Crippen molar-refractivity contribution in [2.45, 2.75) is 13.5 Å². The molecule has 2 heterocycles. The first-order chi connectivity index (χ1) is 9.65. The summed E-state index contributed by atoms with van der Waals surface area (Å²) in [5, 5.41) is 9.59. The van der Waals surface area contributed by atoms with E-state index in [9.17, 15) is 9.90 Å². The summed E-state index contributed by atoms with van der Waals surface area (Å²) in [4.78, 5) is 17.0. The Morgan fingerprint density at radius 1 is 1.45 bits per heavy atom. The van der Waals surface area contributed by atoms with E-state index in [-0.39, 0.29) is 18.5 Å². The second-order valence-corrected chi connectivity index (χ2v) is 4.65. The third-order valence-electron chi connectivity index (χ3n) is 3.23. The number of fused-ring (bicyclic) bond motifs is 2. The minimum atomic E-state index is -0.304. The van der Waals surface area contributed by atoms with E-state index < -0.39 is 0 Å². The van der Waals surface area contributed by atoms with E-state index in [2.05, 4.69) is 4.98 Å². The van der Waals surface area contributed by atoms with Crippen LogP contribution in [0, 0.1) is 0 Å². The van der Waals surface area contributed by atoms with Gasteiger partial charge >= 0.3 is 5.97 Å². The first-order valence-corrected chi connectivity index (χ1v) is 6.40. The van der Waals surface area contributed by atoms with E-state index >= 15 is 0 Å². The number of aromatic hydroxyl groups is 1. The molecular formula is C14H15N3O3. The Labute approximate surface area is 116 Å². The van der Waals surface area contributed by atoms with Gasteiger partial charge < -0.3 is 19.3 Å². The van der Waals surface area contributed by atoms with Crippen molar-refractivity contribution in [1.29, 1.82) is 0 Å². The fourth-order valence-electron chi connectivity index (χ4n) is 2.42. The Hall–Kier alpha value is -2.50. The first-order valence-electron chi connectivity index (χ1n) is 6.40. The summed E-state index contributed by atoms with van der Waals surface area (Å²) >= 11 is 0. The lowest BCUT2D eigenvalue weighted by Crippen LogP contribution is -2.30. The molecule has 0 unspecified atom stereocenters. The summed E-state index contributed by atoms with van der Waals surface area (Å²) in [6.45, 7) is 2.82. The highest BCUT2D eigenvalue weighted by atomic mass is 16.5. The van der Waals surface area contributed by atoms with Crippen molar-refractivity contribution >= 4 is 17.6 Å². The Balaban J connectivity index is 1.92. The number of esters is 1. The van der Waals surface area contributed by atoms with Gasteiger partial charge in [0, 0.05) is 12.6 Å². The summed E-state index contributed by atoms with van der Waals surface area (Å²) in [5.41, 5.74) is 2.16. The van der Waals surface area contributed by atoms with Crippen LogP contribution in [0.1, 0.15) is 12.5 Å². The van der Waals surface area contributed by atoms with Gasteiger partial charge in [-0.25, -0.2) is 0 Å². The average molecular weight is 273 g/mol. The molecule has 0 atom stereocenters. The molecule has 1 N–H and O–H groups in total. The molecule has 2 aromatic rings. The summed E-state index contributed by atoms with van der Waals surface area (Å²) in [7, 11) is 0. The molecule has 0 saturated carbocycles. The van der Waals surface area contributed by atoms with Gasteiger partial charge in [0.05, 0.1) is 19.3 Å². The maximum Gasteiger partial charge on any atom is 0.302 e. The van der Waals surface area contributed by atoms with Gasteiger partial charge in [0.25, 0.3) is 0 Å². The zero-order chi connectivity index (χ0) is 14.1. The maximum atomic E-state index is 10.9. The van der Waals surface area contributed by atoms with Crippen LogP contribution in [0.4, 0.5) is 11.6 Å². The van der Waals surface area contributed by atoms with Gasteiger partial charge in [0.15, 0.2) is 0 Å². The molecule has 0 amide bonds. The van der Waals surface area contributed by atoms with Crippen molar-refractivity contribution in [3.8, 4) is 5.88 Å². The summed E-state index contributed by atoms with van der Waals surface area (Å²) < 4.78 is 6.88. The topological polar surface area (TPSA) is 67.6 Å². The number of carbonyl (C=O) groups excluding carboxylic acids is 1. The molecule has 0 bridgehead atoms. The highest BCUT2D eigenvalue weighted by Gasteiger charge is 2.24. The fourth-order valence-corrected chi connectivity index (χ4v) is 2.42. The third kappa shape index (κ3) is 2.20. The summed E-state index contributed by atoms with van der Waals surface area (Å²) in [6.07, 6.45) is 1.60. The fraction of sp³-hybridized carbons (Fsp3) is 0.286. The predicted molar refractivity (Wildman–Crippen MR) is 73.1 cm³/mol. The zero-order valence-corrected chi connectivity index (χ0v) is 11.1. The minimum absolute atomic E-state index is 0.00899. The number of carbonyl (C=O) groups is 1. The molecule has 1 aliphatic rings. The first kappa shape index (κ1) is 12.5. The molecule has 0 aliphatic carbocycles. The van der Waals surface area contributed by atoms with Crippen LogP contribution >= 0.6 is 0 Å². The molecule has 0 spiro atoms. The number of hydrogen-bond acceptors (Lipinski definition) is 5. The highest BCUT2D eigenvalue weighted by Crippen LogP contribution is 2.34. The van der Waals surface area contributed by atoms with E-state index in [1.807, 2.05) is 33.7 Å². The van der Waals surface area contributed by atoms with E-state index in [1.54, 1.807) is 6.20 Å². The van der Waals surface area contributed by atoms with Gasteiger partial charge in [-0.3, -0.25) is 4.79 Å². The SMILES string of the molecule is CC(=O)OCCN1c2ccccc2Cn2cc(O)nc21. The molecule has 0 radical (unpaired) electrons. The number of aromatic nitrogens is 2. The van der Waals surface area contributed by atoms with Crippen LogP contribution in [0.15, 0.2) is 30.5 Å². The van der Waals surface area contributed by atoms with E-state index in [1.165, 1.54) is 6.92 Å². The molecule has 1 aromatic carbocycles. The number of rotatable bonds is 3. The van der Waals surface area contributed by atoms with Crippen molar-refractivity contribution in [1.82, 2.24) is 9.55 Å². The maximum absolute atomic E-state index is 10.9. The van der Waals surface area contributed by atoms with Crippen LogP contribution in [0.3, 0.4) is 0 Å². The largest absolute Gasteiger partial charge is 0.492 e. The number of hydrogen-bond donors (Lipinski definition) is 1. The standard InChI is InChI=1S/C14H15N3O3/c1-10(18)20-7-6-17-12-5-3-2-4-11(12)8-16-9-13(19)15-14(16)17/h2-5,9,19H,6-8H2,1H3. The average Bonchev–Trinajstić information content (AvgIpc) is 2.77. The lowest BCUT2D eigenvalue weighted by molar-refractivity contribution is -0.140. The highest BCUT2D eigenvalue weighted by molar-refractivity contribution is 5.67. The lowest BCUT2D eigenvalue weighted by Gasteiger charge is -2.30. The van der Waals surface area contributed by atoms with Gasteiger partial charge in [0.1, 0.15) is 6.61 Å². The Morgan fingerprint density at radius 3 is 3.05 bits per heavy atom. The van der Waals surface area contributed by atoms with Crippen LogP contribution in [0.25, 0.3) is 0 Å². The summed E-state index contributed by atoms with van der Waals surface area (Å²) in [6, 6.07) is 7.97. The molecule has 0 fully saturated rings. The normalized spacial score (nSPS) is 12.8. The van der Waals surface area contributed by atoms with Crippen LogP contribution in [0.5, 0.6) is 5.88 Å². The van der Waals surface area contributed by atoms with Crippen LogP contribution in [-0.4, -0.2) is 33.8 Å². The van der Waals surface area contributed by atoms with E-state index in [0.29, 0.717) is 19.0 Å². The quantitative estimate of drug-likeness (QED) is 0.861. The molecule has 1 aromatic heterocycles. The van der Waals surface area contributed by atoms with Gasteiger partial charge in [0.2, 0.25) is 11.8 Å². The van der Waals surface area contributed by atoms with Gasteiger partial charge in [-0.15, -0.1) is 0 Å². The lowest BCUT2D eigenvalue weighted by atomic mass is 10.1. The molecule has 1 aliphatic heterocycles. The number of nitrogens with zero attached hydrogens (tertiary/aromatic N) is 3. The van der Waals surface area contributed by atoms with Crippen molar-refractivity contribution in [3.05, 3.63) is 36.0 Å². The molecule has 0 saturated heterocycles. The van der Waals surface area contributed by atoms with E-state index in [0.717, 1.165) is 11.3 Å². The van der Waals surface area contributed by atoms with Crippen molar-refractivity contribution in [3.63, 3.8) is 0 Å². The second-order valence-electron chi connectivity index (χ2n) is 4.65. The number of anilines is 2. The predicted octanol–water partition coefficient (Wildman–Crippen LogP) is 1.65. The van der Waals surface area contributed by atoms with Crippen molar-refractivity contribution in [2.24, 2.45) is 0 Å². The molecule has 6 heteroatoms. The Bertz CT molecular complexity index is 651. The van der Waals surface area contributed by atoms with Crippen molar-refractivity contribution < 1.29 is 14.6 Å². The number of imidazole rings is 1. The minimum Gasteiger partial charge on any atom is -0.492 e. The Morgan fingerprint density at radius 2 is 2.25 bits per heavy atom. The molecule has 20 heavy (non-hydrogen) atoms. The van der Waals surface area contributed by atoms with Gasteiger partial charge in [-0.05, 0) is 11.6 Å². The van der Waals surface area contributed by atoms with Crippen LogP contribution in [0.2, 0.25) is 0 Å². The van der Waals surface area contributed by atoms with Crippen LogP contribution in [-0.2, 0) is 16.1 Å². The van der Waals surface area contributed by atoms with E-state index in [4.69, 9.17) is 4.74 Å². The Kier molecular flexibility index (Phi) is 3.06.